The van der Waals surface area contributed by atoms with E-state index in [9.17, 15) is 9.59 Å². The largest absolute Gasteiger partial charge is 0.376 e. The minimum absolute atomic E-state index is 0.0212. The fourth-order valence-corrected chi connectivity index (χ4v) is 5.79. The van der Waals surface area contributed by atoms with Gasteiger partial charge in [-0.2, -0.15) is 0 Å². The molecular weight excluding hydrogens is 410 g/mol. The van der Waals surface area contributed by atoms with Crippen molar-refractivity contribution in [2.75, 3.05) is 12.4 Å². The zero-order valence-electron chi connectivity index (χ0n) is 16.0. The minimum Gasteiger partial charge on any atom is -0.376 e. The number of rotatable bonds is 6. The number of amides is 1. The molecule has 1 unspecified atom stereocenters. The minimum atomic E-state index is -0.0547. The first-order valence-electron chi connectivity index (χ1n) is 10.1. The normalized spacial score (nSPS) is 20.2. The number of ether oxygens (including phenoxy) is 1. The van der Waals surface area contributed by atoms with Crippen molar-refractivity contribution in [2.45, 2.75) is 62.4 Å². The molecular formula is C19H23N5O3S2. The number of thiophene rings is 1. The predicted octanol–water partition coefficient (Wildman–Crippen LogP) is 2.44. The Balaban J connectivity index is 1.44. The van der Waals surface area contributed by atoms with Gasteiger partial charge in [-0.05, 0) is 37.1 Å². The van der Waals surface area contributed by atoms with Crippen LogP contribution in [0.3, 0.4) is 0 Å². The molecule has 1 amide bonds. The van der Waals surface area contributed by atoms with Gasteiger partial charge in [0.15, 0.2) is 5.16 Å². The van der Waals surface area contributed by atoms with Crippen LogP contribution >= 0.6 is 23.1 Å². The summed E-state index contributed by atoms with van der Waals surface area (Å²) in [5, 5.41) is 14.2. The van der Waals surface area contributed by atoms with Crippen molar-refractivity contribution in [1.29, 1.82) is 0 Å². The smallest absolute Gasteiger partial charge is 0.272 e. The van der Waals surface area contributed by atoms with E-state index >= 15 is 0 Å². The van der Waals surface area contributed by atoms with E-state index in [-0.39, 0.29) is 23.3 Å². The van der Waals surface area contributed by atoms with Crippen molar-refractivity contribution < 1.29 is 9.53 Å². The SMILES string of the molecule is O=C(CSc1nnc2n(CC3CCCO3)c(=O)c3sccc3n12)NC1CCCC1. The highest BCUT2D eigenvalue weighted by Crippen LogP contribution is 2.25. The molecule has 1 aliphatic carbocycles. The zero-order chi connectivity index (χ0) is 19.8. The van der Waals surface area contributed by atoms with E-state index in [2.05, 4.69) is 15.5 Å². The van der Waals surface area contributed by atoms with Crippen LogP contribution in [-0.2, 0) is 16.1 Å². The lowest BCUT2D eigenvalue weighted by atomic mass is 10.2. The van der Waals surface area contributed by atoms with Crippen molar-refractivity contribution in [2.24, 2.45) is 0 Å². The van der Waals surface area contributed by atoms with Crippen molar-refractivity contribution >= 4 is 45.0 Å². The summed E-state index contributed by atoms with van der Waals surface area (Å²) in [7, 11) is 0. The Bertz CT molecular complexity index is 1090. The van der Waals surface area contributed by atoms with Crippen LogP contribution in [0.2, 0.25) is 0 Å². The quantitative estimate of drug-likeness (QED) is 0.601. The first-order valence-corrected chi connectivity index (χ1v) is 12.0. The molecule has 0 bridgehead atoms. The molecule has 4 heterocycles. The van der Waals surface area contributed by atoms with Gasteiger partial charge in [-0.3, -0.25) is 18.6 Å². The third-order valence-corrected chi connectivity index (χ3v) is 7.47. The number of aromatic nitrogens is 4. The highest BCUT2D eigenvalue weighted by molar-refractivity contribution is 7.99. The van der Waals surface area contributed by atoms with Crippen LogP contribution in [0.15, 0.2) is 21.4 Å². The summed E-state index contributed by atoms with van der Waals surface area (Å²) >= 11 is 2.78. The van der Waals surface area contributed by atoms with E-state index < -0.39 is 0 Å². The van der Waals surface area contributed by atoms with Gasteiger partial charge in [0.05, 0.1) is 23.9 Å². The van der Waals surface area contributed by atoms with Gasteiger partial charge < -0.3 is 10.1 Å². The predicted molar refractivity (Wildman–Crippen MR) is 113 cm³/mol. The second-order valence-corrected chi connectivity index (χ2v) is 9.50. The van der Waals surface area contributed by atoms with Crippen LogP contribution in [0.4, 0.5) is 0 Å². The number of hydrogen-bond acceptors (Lipinski definition) is 7. The van der Waals surface area contributed by atoms with Gasteiger partial charge in [0.2, 0.25) is 11.7 Å². The standard InChI is InChI=1S/C19H23N5O3S2/c25-15(20-12-4-1-2-5-12)11-29-19-22-21-18-23(10-13-6-3-8-27-13)17(26)16-14(24(18)19)7-9-28-16/h7,9,12-13H,1-6,8,10-11H2,(H,20,25). The Morgan fingerprint density at radius 3 is 2.93 bits per heavy atom. The molecule has 1 N–H and O–H groups in total. The van der Waals surface area contributed by atoms with Crippen LogP contribution < -0.4 is 10.9 Å². The van der Waals surface area contributed by atoms with Gasteiger partial charge in [0, 0.05) is 12.6 Å². The second kappa shape index (κ2) is 8.08. The molecule has 154 valence electrons. The summed E-state index contributed by atoms with van der Waals surface area (Å²) in [6.45, 7) is 1.21. The third-order valence-electron chi connectivity index (χ3n) is 5.65. The van der Waals surface area contributed by atoms with Gasteiger partial charge in [-0.25, -0.2) is 0 Å². The average molecular weight is 434 g/mol. The first kappa shape index (κ1) is 19.1. The lowest BCUT2D eigenvalue weighted by molar-refractivity contribution is -0.119. The molecule has 3 aromatic heterocycles. The molecule has 1 saturated heterocycles. The molecule has 1 aliphatic heterocycles. The summed E-state index contributed by atoms with van der Waals surface area (Å²) in [5.74, 6) is 0.816. The van der Waals surface area contributed by atoms with Crippen LogP contribution in [0.25, 0.3) is 16.0 Å². The van der Waals surface area contributed by atoms with Gasteiger partial charge in [-0.1, -0.05) is 24.6 Å². The fraction of sp³-hybridized carbons (Fsp3) is 0.579. The highest BCUT2D eigenvalue weighted by atomic mass is 32.2. The molecule has 1 saturated carbocycles. The number of carbonyl (C=O) groups is 1. The lowest BCUT2D eigenvalue weighted by Crippen LogP contribution is -2.33. The Labute approximate surface area is 175 Å². The molecule has 10 heteroatoms. The van der Waals surface area contributed by atoms with E-state index in [1.165, 1.54) is 35.9 Å². The van der Waals surface area contributed by atoms with E-state index in [1.807, 2.05) is 15.8 Å². The third kappa shape index (κ3) is 3.69. The number of carbonyl (C=O) groups excluding carboxylic acids is 1. The van der Waals surface area contributed by atoms with Crippen molar-refractivity contribution in [3.63, 3.8) is 0 Å². The van der Waals surface area contributed by atoms with Crippen LogP contribution in [-0.4, -0.2) is 49.6 Å². The van der Waals surface area contributed by atoms with Crippen molar-refractivity contribution in [3.05, 3.63) is 21.8 Å². The zero-order valence-corrected chi connectivity index (χ0v) is 17.6. The Kier molecular flexibility index (Phi) is 5.31. The summed E-state index contributed by atoms with van der Waals surface area (Å²) in [5.41, 5.74) is 0.739. The second-order valence-electron chi connectivity index (χ2n) is 7.64. The van der Waals surface area contributed by atoms with Crippen molar-refractivity contribution in [1.82, 2.24) is 24.5 Å². The summed E-state index contributed by atoms with van der Waals surface area (Å²) in [6, 6.07) is 2.22. The molecule has 0 radical (unpaired) electrons. The molecule has 3 aromatic rings. The van der Waals surface area contributed by atoms with E-state index in [4.69, 9.17) is 4.74 Å². The molecule has 0 aromatic carbocycles. The van der Waals surface area contributed by atoms with Crippen molar-refractivity contribution in [3.8, 4) is 0 Å². The highest BCUT2D eigenvalue weighted by Gasteiger charge is 2.23. The molecule has 2 fully saturated rings. The molecule has 1 atom stereocenters. The maximum atomic E-state index is 13.0. The van der Waals surface area contributed by atoms with Gasteiger partial charge >= 0.3 is 0 Å². The Morgan fingerprint density at radius 2 is 2.14 bits per heavy atom. The van der Waals surface area contributed by atoms with Crippen LogP contribution in [0.5, 0.6) is 0 Å². The lowest BCUT2D eigenvalue weighted by Gasteiger charge is -2.13. The topological polar surface area (TPSA) is 90.5 Å². The van der Waals surface area contributed by atoms with Crippen LogP contribution in [0.1, 0.15) is 38.5 Å². The average Bonchev–Trinajstić information content (AvgIpc) is 3.50. The Hall–Kier alpha value is -1.91. The molecule has 2 aliphatic rings. The number of nitrogens with zero attached hydrogens (tertiary/aromatic N) is 4. The van der Waals surface area contributed by atoms with Gasteiger partial charge in [-0.15, -0.1) is 21.5 Å². The summed E-state index contributed by atoms with van der Waals surface area (Å²) in [4.78, 5) is 25.4. The fourth-order valence-electron chi connectivity index (χ4n) is 4.22. The van der Waals surface area contributed by atoms with Gasteiger partial charge in [0.25, 0.3) is 5.56 Å². The maximum absolute atomic E-state index is 13.0. The Morgan fingerprint density at radius 1 is 1.28 bits per heavy atom. The van der Waals surface area contributed by atoms with Gasteiger partial charge in [0.1, 0.15) is 4.70 Å². The number of hydrogen-bond donors (Lipinski definition) is 1. The molecule has 0 spiro atoms. The van der Waals surface area contributed by atoms with E-state index in [0.717, 1.165) is 37.8 Å². The summed E-state index contributed by atoms with van der Waals surface area (Å²) in [6.07, 6.45) is 6.49. The summed E-state index contributed by atoms with van der Waals surface area (Å²) < 4.78 is 9.97. The van der Waals surface area contributed by atoms with Crippen LogP contribution in [0, 0.1) is 0 Å². The number of fused-ring (bicyclic) bond motifs is 3. The van der Waals surface area contributed by atoms with E-state index in [0.29, 0.717) is 28.2 Å². The maximum Gasteiger partial charge on any atom is 0.272 e. The first-order chi connectivity index (χ1) is 14.2. The molecule has 29 heavy (non-hydrogen) atoms. The molecule has 8 nitrogen and oxygen atoms in total. The number of thioether (sulfide) groups is 1. The van der Waals surface area contributed by atoms with E-state index in [1.54, 1.807) is 4.57 Å². The monoisotopic (exact) mass is 433 g/mol. The number of nitrogens with one attached hydrogen (secondary N) is 1. The molecule has 5 rings (SSSR count).